The molecule has 2 rings (SSSR count). The molecule has 0 spiro atoms. The van der Waals surface area contributed by atoms with Gasteiger partial charge in [-0.2, -0.15) is 0 Å². The molecule has 0 aliphatic rings. The summed E-state index contributed by atoms with van der Waals surface area (Å²) in [5, 5.41) is 3.79. The lowest BCUT2D eigenvalue weighted by Crippen LogP contribution is -2.32. The van der Waals surface area contributed by atoms with Crippen LogP contribution < -0.4 is 5.32 Å². The second-order valence-electron chi connectivity index (χ2n) is 5.65. The van der Waals surface area contributed by atoms with Crippen molar-refractivity contribution in [3.05, 3.63) is 70.2 Å². The van der Waals surface area contributed by atoms with Crippen molar-refractivity contribution in [1.82, 2.24) is 5.32 Å². The molecule has 0 bridgehead atoms. The second-order valence-corrected chi connectivity index (χ2v) is 6.57. The maximum absolute atomic E-state index is 3.79. The summed E-state index contributed by atoms with van der Waals surface area (Å²) >= 11 is 3.49. The third-order valence-electron chi connectivity index (χ3n) is 3.72. The zero-order valence-corrected chi connectivity index (χ0v) is 14.4. The van der Waals surface area contributed by atoms with Crippen molar-refractivity contribution in [3.8, 4) is 0 Å². The van der Waals surface area contributed by atoms with E-state index < -0.39 is 0 Å². The molecule has 0 aliphatic heterocycles. The van der Waals surface area contributed by atoms with Crippen LogP contribution in [-0.4, -0.2) is 6.04 Å². The summed E-state index contributed by atoms with van der Waals surface area (Å²) in [5.74, 6) is 0. The van der Waals surface area contributed by atoms with Crippen LogP contribution >= 0.6 is 15.9 Å². The fourth-order valence-corrected chi connectivity index (χ4v) is 2.96. The molecule has 0 saturated carbocycles. The molecule has 0 radical (unpaired) electrons. The highest BCUT2D eigenvalue weighted by molar-refractivity contribution is 9.10. The summed E-state index contributed by atoms with van der Waals surface area (Å²) < 4.78 is 1.14. The Morgan fingerprint density at radius 3 is 2.29 bits per heavy atom. The van der Waals surface area contributed by atoms with Crippen LogP contribution in [0.4, 0.5) is 0 Å². The predicted octanol–water partition coefficient (Wildman–Crippen LogP) is 5.51. The Labute approximate surface area is 136 Å². The SMILES string of the molecule is CCCC(NC(C)Cc1ccc(Br)cc1)c1ccccc1. The molecule has 1 N–H and O–H groups in total. The lowest BCUT2D eigenvalue weighted by Gasteiger charge is -2.23. The highest BCUT2D eigenvalue weighted by atomic mass is 79.9. The Hall–Kier alpha value is -1.12. The fourth-order valence-electron chi connectivity index (χ4n) is 2.70. The second kappa shape index (κ2) is 8.35. The van der Waals surface area contributed by atoms with Crippen molar-refractivity contribution in [2.45, 2.75) is 45.2 Å². The van der Waals surface area contributed by atoms with Gasteiger partial charge < -0.3 is 5.32 Å². The number of benzene rings is 2. The Morgan fingerprint density at radius 1 is 1.00 bits per heavy atom. The Kier molecular flexibility index (Phi) is 6.47. The van der Waals surface area contributed by atoms with E-state index in [0.717, 1.165) is 10.9 Å². The summed E-state index contributed by atoms with van der Waals surface area (Å²) in [6.07, 6.45) is 3.42. The van der Waals surface area contributed by atoms with Gasteiger partial charge in [0.15, 0.2) is 0 Å². The molecule has 2 aromatic carbocycles. The highest BCUT2D eigenvalue weighted by Gasteiger charge is 2.13. The van der Waals surface area contributed by atoms with Gasteiger partial charge in [-0.05, 0) is 43.0 Å². The molecule has 2 heteroatoms. The first-order valence-corrected chi connectivity index (χ1v) is 8.53. The lowest BCUT2D eigenvalue weighted by molar-refractivity contribution is 0.428. The van der Waals surface area contributed by atoms with E-state index in [2.05, 4.69) is 89.7 Å². The van der Waals surface area contributed by atoms with Crippen LogP contribution in [0.1, 0.15) is 43.9 Å². The molecule has 112 valence electrons. The van der Waals surface area contributed by atoms with Crippen LogP contribution in [0.15, 0.2) is 59.1 Å². The minimum absolute atomic E-state index is 0.446. The van der Waals surface area contributed by atoms with Gasteiger partial charge in [-0.1, -0.05) is 71.7 Å². The monoisotopic (exact) mass is 345 g/mol. The Morgan fingerprint density at radius 2 is 1.67 bits per heavy atom. The van der Waals surface area contributed by atoms with Crippen molar-refractivity contribution in [2.75, 3.05) is 0 Å². The van der Waals surface area contributed by atoms with Crippen LogP contribution in [-0.2, 0) is 6.42 Å². The van der Waals surface area contributed by atoms with Gasteiger partial charge in [-0.25, -0.2) is 0 Å². The zero-order chi connectivity index (χ0) is 15.1. The zero-order valence-electron chi connectivity index (χ0n) is 12.9. The van der Waals surface area contributed by atoms with Crippen molar-refractivity contribution >= 4 is 15.9 Å². The maximum atomic E-state index is 3.79. The van der Waals surface area contributed by atoms with Gasteiger partial charge in [0, 0.05) is 16.6 Å². The molecule has 0 aliphatic carbocycles. The van der Waals surface area contributed by atoms with Crippen LogP contribution in [0.3, 0.4) is 0 Å². The van der Waals surface area contributed by atoms with Crippen LogP contribution in [0.5, 0.6) is 0 Å². The summed E-state index contributed by atoms with van der Waals surface area (Å²) in [6, 6.07) is 20.3. The van der Waals surface area contributed by atoms with Crippen molar-refractivity contribution in [1.29, 1.82) is 0 Å². The average Bonchev–Trinajstić information content (AvgIpc) is 2.50. The molecule has 0 amide bonds. The van der Waals surface area contributed by atoms with E-state index in [-0.39, 0.29) is 0 Å². The van der Waals surface area contributed by atoms with Gasteiger partial charge in [0.2, 0.25) is 0 Å². The molecule has 0 saturated heterocycles. The van der Waals surface area contributed by atoms with E-state index in [1.165, 1.54) is 24.0 Å². The summed E-state index contributed by atoms with van der Waals surface area (Å²) in [7, 11) is 0. The molecule has 1 nitrogen and oxygen atoms in total. The number of rotatable bonds is 7. The summed E-state index contributed by atoms with van der Waals surface area (Å²) in [5.41, 5.74) is 2.77. The highest BCUT2D eigenvalue weighted by Crippen LogP contribution is 2.20. The third kappa shape index (κ3) is 5.29. The summed E-state index contributed by atoms with van der Waals surface area (Å²) in [4.78, 5) is 0. The quantitative estimate of drug-likeness (QED) is 0.697. The number of halogens is 1. The van der Waals surface area contributed by atoms with E-state index in [0.29, 0.717) is 12.1 Å². The summed E-state index contributed by atoms with van der Waals surface area (Å²) in [6.45, 7) is 4.52. The molecule has 2 atom stereocenters. The van der Waals surface area contributed by atoms with E-state index in [1.54, 1.807) is 0 Å². The number of hydrogen-bond acceptors (Lipinski definition) is 1. The smallest absolute Gasteiger partial charge is 0.0322 e. The van der Waals surface area contributed by atoms with Crippen molar-refractivity contribution in [2.24, 2.45) is 0 Å². The lowest BCUT2D eigenvalue weighted by atomic mass is 10.00. The van der Waals surface area contributed by atoms with Gasteiger partial charge in [0.1, 0.15) is 0 Å². The molecule has 0 heterocycles. The molecule has 0 fully saturated rings. The van der Waals surface area contributed by atoms with Gasteiger partial charge >= 0.3 is 0 Å². The molecular weight excluding hydrogens is 322 g/mol. The van der Waals surface area contributed by atoms with Crippen LogP contribution in [0.2, 0.25) is 0 Å². The normalized spacial score (nSPS) is 13.9. The topological polar surface area (TPSA) is 12.0 Å². The molecule has 2 unspecified atom stereocenters. The van der Waals surface area contributed by atoms with Crippen LogP contribution in [0, 0.1) is 0 Å². The van der Waals surface area contributed by atoms with Crippen molar-refractivity contribution in [3.63, 3.8) is 0 Å². The molecule has 21 heavy (non-hydrogen) atoms. The number of nitrogens with one attached hydrogen (secondary N) is 1. The molecular formula is C19H24BrN. The van der Waals surface area contributed by atoms with Crippen LogP contribution in [0.25, 0.3) is 0 Å². The Balaban J connectivity index is 1.98. The van der Waals surface area contributed by atoms with E-state index in [9.17, 15) is 0 Å². The minimum Gasteiger partial charge on any atom is -0.307 e. The first-order valence-electron chi connectivity index (χ1n) is 7.74. The predicted molar refractivity (Wildman–Crippen MR) is 94.5 cm³/mol. The first kappa shape index (κ1) is 16.3. The minimum atomic E-state index is 0.446. The van der Waals surface area contributed by atoms with Gasteiger partial charge in [-0.3, -0.25) is 0 Å². The largest absolute Gasteiger partial charge is 0.307 e. The van der Waals surface area contributed by atoms with E-state index in [1.807, 2.05) is 0 Å². The third-order valence-corrected chi connectivity index (χ3v) is 4.25. The first-order chi connectivity index (χ1) is 10.2. The van der Waals surface area contributed by atoms with Crippen molar-refractivity contribution < 1.29 is 0 Å². The van der Waals surface area contributed by atoms with Gasteiger partial charge in [0.05, 0.1) is 0 Å². The number of hydrogen-bond donors (Lipinski definition) is 1. The van der Waals surface area contributed by atoms with E-state index >= 15 is 0 Å². The maximum Gasteiger partial charge on any atom is 0.0322 e. The Bertz CT molecular complexity index is 521. The fraction of sp³-hybridized carbons (Fsp3) is 0.368. The van der Waals surface area contributed by atoms with E-state index in [4.69, 9.17) is 0 Å². The van der Waals surface area contributed by atoms with Gasteiger partial charge in [-0.15, -0.1) is 0 Å². The molecule has 2 aromatic rings. The van der Waals surface area contributed by atoms with Gasteiger partial charge in [0.25, 0.3) is 0 Å². The standard InChI is InChI=1S/C19H24BrN/c1-3-7-19(17-8-5-4-6-9-17)21-15(2)14-16-10-12-18(20)13-11-16/h4-6,8-13,15,19,21H,3,7,14H2,1-2H3. The molecule has 0 aromatic heterocycles. The average molecular weight is 346 g/mol.